The largest absolute Gasteiger partial charge is 0.492 e. The topological polar surface area (TPSA) is 56.9 Å². The molecular weight excluding hydrogens is 425 g/mol. The van der Waals surface area contributed by atoms with Crippen LogP contribution < -0.4 is 4.90 Å². The number of halogens is 2. The standard InChI is InChI=1S/C21H19ClFN5OS/c22-15-4-2-6-17(12-15)26-7-9-27(10-8-26)18(14-3-1-5-16(23)11-14)19-20(29)28-21(30-19)24-13-25-28/h1-6,11-13,18,29H,7-10H2/t18-/m0/s1. The van der Waals surface area contributed by atoms with Crippen molar-refractivity contribution >= 4 is 33.6 Å². The Morgan fingerprint density at radius 3 is 2.60 bits per heavy atom. The van der Waals surface area contributed by atoms with Gasteiger partial charge in [-0.3, -0.25) is 4.90 Å². The molecule has 0 aliphatic carbocycles. The Bertz CT molecular complexity index is 1190. The van der Waals surface area contributed by atoms with Crippen LogP contribution in [0.15, 0.2) is 54.9 Å². The van der Waals surface area contributed by atoms with Crippen LogP contribution in [0.2, 0.25) is 5.02 Å². The normalized spacial score (nSPS) is 16.3. The van der Waals surface area contributed by atoms with E-state index in [1.54, 1.807) is 6.07 Å². The molecule has 6 nitrogen and oxygen atoms in total. The van der Waals surface area contributed by atoms with Gasteiger partial charge in [0.05, 0.1) is 10.9 Å². The minimum Gasteiger partial charge on any atom is -0.492 e. The van der Waals surface area contributed by atoms with Gasteiger partial charge in [-0.05, 0) is 35.9 Å². The van der Waals surface area contributed by atoms with E-state index in [0.717, 1.165) is 37.4 Å². The Kier molecular flexibility index (Phi) is 5.06. The van der Waals surface area contributed by atoms with Gasteiger partial charge in [0, 0.05) is 36.9 Å². The third kappa shape index (κ3) is 3.51. The first-order chi connectivity index (χ1) is 14.6. The van der Waals surface area contributed by atoms with Crippen LogP contribution in [-0.2, 0) is 0 Å². The highest BCUT2D eigenvalue weighted by Crippen LogP contribution is 2.40. The fourth-order valence-electron chi connectivity index (χ4n) is 3.99. The van der Waals surface area contributed by atoms with E-state index in [2.05, 4.69) is 25.9 Å². The van der Waals surface area contributed by atoms with E-state index in [-0.39, 0.29) is 17.7 Å². The molecule has 4 aromatic rings. The second-order valence-electron chi connectivity index (χ2n) is 7.20. The number of benzene rings is 2. The van der Waals surface area contributed by atoms with E-state index >= 15 is 0 Å². The lowest BCUT2D eigenvalue weighted by Gasteiger charge is -2.40. The Morgan fingerprint density at radius 2 is 1.87 bits per heavy atom. The molecule has 0 bridgehead atoms. The minimum absolute atomic E-state index is 0.0547. The van der Waals surface area contributed by atoms with E-state index < -0.39 is 0 Å². The monoisotopic (exact) mass is 443 g/mol. The molecule has 0 saturated carbocycles. The lowest BCUT2D eigenvalue weighted by Crippen LogP contribution is -2.47. The van der Waals surface area contributed by atoms with Crippen molar-refractivity contribution in [3.63, 3.8) is 0 Å². The van der Waals surface area contributed by atoms with Crippen molar-refractivity contribution in [3.05, 3.63) is 76.1 Å². The first-order valence-corrected chi connectivity index (χ1v) is 10.8. The first kappa shape index (κ1) is 19.3. The summed E-state index contributed by atoms with van der Waals surface area (Å²) in [5, 5.41) is 15.6. The number of aromatic nitrogens is 3. The fourth-order valence-corrected chi connectivity index (χ4v) is 5.26. The molecule has 0 spiro atoms. The number of nitrogens with zero attached hydrogens (tertiary/aromatic N) is 5. The molecule has 1 saturated heterocycles. The van der Waals surface area contributed by atoms with Crippen molar-refractivity contribution in [2.24, 2.45) is 0 Å². The number of piperazine rings is 1. The summed E-state index contributed by atoms with van der Waals surface area (Å²) in [4.78, 5) is 10.1. The van der Waals surface area contributed by atoms with Gasteiger partial charge in [-0.2, -0.15) is 9.61 Å². The van der Waals surface area contributed by atoms with Gasteiger partial charge in [0.15, 0.2) is 0 Å². The molecule has 154 valence electrons. The summed E-state index contributed by atoms with van der Waals surface area (Å²) in [6.45, 7) is 3.10. The van der Waals surface area contributed by atoms with Gasteiger partial charge in [-0.15, -0.1) is 0 Å². The second-order valence-corrected chi connectivity index (χ2v) is 8.65. The summed E-state index contributed by atoms with van der Waals surface area (Å²) in [7, 11) is 0. The quantitative estimate of drug-likeness (QED) is 0.512. The molecule has 3 heterocycles. The van der Waals surface area contributed by atoms with E-state index in [0.29, 0.717) is 14.9 Å². The average Bonchev–Trinajstić information content (AvgIpc) is 3.32. The SMILES string of the molecule is Oc1c([C@H](c2cccc(F)c2)N2CCN(c3cccc(Cl)c3)CC2)sc2ncnn12. The molecule has 2 aromatic carbocycles. The molecule has 1 atom stereocenters. The maximum atomic E-state index is 14.0. The maximum Gasteiger partial charge on any atom is 0.230 e. The molecule has 1 N–H and O–H groups in total. The van der Waals surface area contributed by atoms with Crippen LogP contribution in [0.3, 0.4) is 0 Å². The zero-order chi connectivity index (χ0) is 20.7. The van der Waals surface area contributed by atoms with Crippen molar-refractivity contribution in [1.82, 2.24) is 19.5 Å². The Hall–Kier alpha value is -2.68. The summed E-state index contributed by atoms with van der Waals surface area (Å²) in [5.41, 5.74) is 1.89. The van der Waals surface area contributed by atoms with Crippen LogP contribution in [0.5, 0.6) is 5.88 Å². The predicted molar refractivity (Wildman–Crippen MR) is 116 cm³/mol. The van der Waals surface area contributed by atoms with E-state index in [4.69, 9.17) is 11.6 Å². The lowest BCUT2D eigenvalue weighted by molar-refractivity contribution is 0.211. The smallest absolute Gasteiger partial charge is 0.230 e. The van der Waals surface area contributed by atoms with E-state index in [9.17, 15) is 9.50 Å². The zero-order valence-electron chi connectivity index (χ0n) is 15.9. The van der Waals surface area contributed by atoms with Gasteiger partial charge in [0.2, 0.25) is 10.8 Å². The summed E-state index contributed by atoms with van der Waals surface area (Å²) in [6, 6.07) is 14.1. The molecule has 1 aliphatic rings. The van der Waals surface area contributed by atoms with Gasteiger partial charge in [0.1, 0.15) is 12.1 Å². The van der Waals surface area contributed by atoms with Crippen LogP contribution in [0.25, 0.3) is 4.96 Å². The van der Waals surface area contributed by atoms with Crippen LogP contribution >= 0.6 is 22.9 Å². The molecule has 1 aliphatic heterocycles. The number of fused-ring (bicyclic) bond motifs is 1. The number of thiazole rings is 1. The van der Waals surface area contributed by atoms with E-state index in [1.165, 1.54) is 34.3 Å². The van der Waals surface area contributed by atoms with Gasteiger partial charge in [-0.25, -0.2) is 9.37 Å². The second kappa shape index (κ2) is 7.86. The summed E-state index contributed by atoms with van der Waals surface area (Å²) >= 11 is 7.53. The van der Waals surface area contributed by atoms with Gasteiger partial charge in [-0.1, -0.05) is 41.1 Å². The maximum absolute atomic E-state index is 14.0. The fraction of sp³-hybridized carbons (Fsp3) is 0.238. The predicted octanol–water partition coefficient (Wildman–Crippen LogP) is 4.20. The highest BCUT2D eigenvalue weighted by molar-refractivity contribution is 7.17. The number of rotatable bonds is 4. The molecule has 9 heteroatoms. The van der Waals surface area contributed by atoms with Gasteiger partial charge in [0.25, 0.3) is 0 Å². The third-order valence-corrected chi connectivity index (χ3v) is 6.73. The molecule has 0 amide bonds. The number of hydrogen-bond acceptors (Lipinski definition) is 6. The van der Waals surface area contributed by atoms with Crippen molar-refractivity contribution in [2.45, 2.75) is 6.04 Å². The molecule has 30 heavy (non-hydrogen) atoms. The minimum atomic E-state index is -0.297. The molecule has 1 fully saturated rings. The van der Waals surface area contributed by atoms with Crippen LogP contribution in [0.1, 0.15) is 16.5 Å². The Labute approximate surface area is 181 Å². The molecule has 5 rings (SSSR count). The van der Waals surface area contributed by atoms with Crippen molar-refractivity contribution in [2.75, 3.05) is 31.1 Å². The zero-order valence-corrected chi connectivity index (χ0v) is 17.5. The highest BCUT2D eigenvalue weighted by atomic mass is 35.5. The Balaban J connectivity index is 1.47. The van der Waals surface area contributed by atoms with Crippen molar-refractivity contribution < 1.29 is 9.50 Å². The van der Waals surface area contributed by atoms with Gasteiger partial charge < -0.3 is 10.0 Å². The van der Waals surface area contributed by atoms with Crippen LogP contribution in [0, 0.1) is 5.82 Å². The number of aromatic hydroxyl groups is 1. The highest BCUT2D eigenvalue weighted by Gasteiger charge is 2.31. The molecule has 2 aromatic heterocycles. The summed E-state index contributed by atoms with van der Waals surface area (Å²) in [5.74, 6) is -0.243. The third-order valence-electron chi connectivity index (χ3n) is 5.40. The molecule has 0 radical (unpaired) electrons. The van der Waals surface area contributed by atoms with Crippen LogP contribution in [-0.4, -0.2) is 50.8 Å². The Morgan fingerprint density at radius 1 is 1.07 bits per heavy atom. The van der Waals surface area contributed by atoms with E-state index in [1.807, 2.05) is 24.3 Å². The van der Waals surface area contributed by atoms with Crippen molar-refractivity contribution in [1.29, 1.82) is 0 Å². The first-order valence-electron chi connectivity index (χ1n) is 9.61. The molecular formula is C21H19ClFN5OS. The van der Waals surface area contributed by atoms with Gasteiger partial charge >= 0.3 is 0 Å². The van der Waals surface area contributed by atoms with Crippen molar-refractivity contribution in [3.8, 4) is 5.88 Å². The summed E-state index contributed by atoms with van der Waals surface area (Å²) < 4.78 is 15.5. The summed E-state index contributed by atoms with van der Waals surface area (Å²) in [6.07, 6.45) is 1.41. The lowest BCUT2D eigenvalue weighted by atomic mass is 10.0. The average molecular weight is 444 g/mol. The number of hydrogen-bond donors (Lipinski definition) is 1. The number of anilines is 1. The molecule has 0 unspecified atom stereocenters. The van der Waals surface area contributed by atoms with Crippen LogP contribution in [0.4, 0.5) is 10.1 Å².